The van der Waals surface area contributed by atoms with Crippen molar-refractivity contribution in [1.82, 2.24) is 25.1 Å². The highest BCUT2D eigenvalue weighted by molar-refractivity contribution is 5.63. The molecule has 1 atom stereocenters. The zero-order chi connectivity index (χ0) is 23.4. The van der Waals surface area contributed by atoms with Crippen LogP contribution in [0.5, 0.6) is 0 Å². The number of pyridine rings is 1. The van der Waals surface area contributed by atoms with Crippen molar-refractivity contribution in [3.8, 4) is 40.4 Å². The fraction of sp³-hybridized carbons (Fsp3) is 0.250. The van der Waals surface area contributed by atoms with Gasteiger partial charge in [0.05, 0.1) is 35.3 Å². The molecule has 0 fully saturated rings. The third kappa shape index (κ3) is 5.02. The van der Waals surface area contributed by atoms with Crippen LogP contribution in [0.15, 0.2) is 59.4 Å². The summed E-state index contributed by atoms with van der Waals surface area (Å²) >= 11 is 0. The third-order valence-electron chi connectivity index (χ3n) is 5.01. The van der Waals surface area contributed by atoms with E-state index >= 15 is 0 Å². The lowest BCUT2D eigenvalue weighted by molar-refractivity contribution is 0.582. The Morgan fingerprint density at radius 1 is 1.06 bits per heavy atom. The molecular formula is C24H24N8O. The average Bonchev–Trinajstić information content (AvgIpc) is 3.34. The molecule has 0 saturated heterocycles. The summed E-state index contributed by atoms with van der Waals surface area (Å²) < 4.78 is 5.86. The third-order valence-corrected chi connectivity index (χ3v) is 5.01. The van der Waals surface area contributed by atoms with Gasteiger partial charge in [0.2, 0.25) is 5.89 Å². The van der Waals surface area contributed by atoms with E-state index in [9.17, 15) is 5.26 Å². The molecule has 0 spiro atoms. The highest BCUT2D eigenvalue weighted by Gasteiger charge is 2.22. The summed E-state index contributed by atoms with van der Waals surface area (Å²) in [7, 11) is 0. The van der Waals surface area contributed by atoms with E-state index in [0.717, 1.165) is 16.8 Å². The quantitative estimate of drug-likeness (QED) is 0.439. The van der Waals surface area contributed by atoms with Crippen molar-refractivity contribution in [2.75, 3.05) is 11.9 Å². The summed E-state index contributed by atoms with van der Waals surface area (Å²) in [6.07, 6.45) is 4.88. The summed E-state index contributed by atoms with van der Waals surface area (Å²) in [5, 5.41) is 21.0. The molecular weight excluding hydrogens is 416 g/mol. The number of anilines is 1. The first-order chi connectivity index (χ1) is 15.9. The molecule has 1 unspecified atom stereocenters. The zero-order valence-corrected chi connectivity index (χ0v) is 18.6. The van der Waals surface area contributed by atoms with Gasteiger partial charge in [-0.2, -0.15) is 5.26 Å². The summed E-state index contributed by atoms with van der Waals surface area (Å²) in [6, 6.07) is 13.7. The monoisotopic (exact) mass is 440 g/mol. The van der Waals surface area contributed by atoms with Gasteiger partial charge < -0.3 is 15.5 Å². The van der Waals surface area contributed by atoms with E-state index in [0.29, 0.717) is 29.5 Å². The van der Waals surface area contributed by atoms with E-state index in [1.54, 1.807) is 18.6 Å². The van der Waals surface area contributed by atoms with Crippen LogP contribution in [0.25, 0.3) is 34.3 Å². The molecule has 0 amide bonds. The van der Waals surface area contributed by atoms with Crippen LogP contribution in [-0.4, -0.2) is 37.7 Å². The Morgan fingerprint density at radius 2 is 1.79 bits per heavy atom. The molecule has 0 bridgehead atoms. The molecule has 0 aliphatic carbocycles. The SMILES string of the molecule is CC(N)CNc1ccc(-c2nnc(-c3cncc(-c4ccnc(C(C)(C)C#N)c4)n3)o2)cc1. The van der Waals surface area contributed by atoms with Gasteiger partial charge in [-0.25, -0.2) is 4.98 Å². The number of nitrogens with one attached hydrogen (secondary N) is 1. The van der Waals surface area contributed by atoms with Crippen LogP contribution in [0.2, 0.25) is 0 Å². The van der Waals surface area contributed by atoms with Crippen molar-refractivity contribution in [3.63, 3.8) is 0 Å². The predicted molar refractivity (Wildman–Crippen MR) is 125 cm³/mol. The second-order valence-electron chi connectivity index (χ2n) is 8.30. The average molecular weight is 441 g/mol. The van der Waals surface area contributed by atoms with Gasteiger partial charge in [0.25, 0.3) is 5.89 Å². The maximum absolute atomic E-state index is 9.41. The lowest BCUT2D eigenvalue weighted by atomic mass is 9.90. The number of aromatic nitrogens is 5. The van der Waals surface area contributed by atoms with Crippen molar-refractivity contribution < 1.29 is 4.42 Å². The largest absolute Gasteiger partial charge is 0.415 e. The lowest BCUT2D eigenvalue weighted by Crippen LogP contribution is -2.25. The van der Waals surface area contributed by atoms with Crippen LogP contribution in [0.4, 0.5) is 5.69 Å². The van der Waals surface area contributed by atoms with E-state index in [1.165, 1.54) is 0 Å². The fourth-order valence-corrected chi connectivity index (χ4v) is 3.05. The summed E-state index contributed by atoms with van der Waals surface area (Å²) in [5.74, 6) is 0.656. The molecule has 0 saturated carbocycles. The molecule has 3 aromatic heterocycles. The number of hydrogen-bond donors (Lipinski definition) is 2. The number of nitrogens with zero attached hydrogens (tertiary/aromatic N) is 6. The van der Waals surface area contributed by atoms with Crippen LogP contribution in [-0.2, 0) is 5.41 Å². The van der Waals surface area contributed by atoms with E-state index in [2.05, 4.69) is 36.5 Å². The van der Waals surface area contributed by atoms with E-state index in [-0.39, 0.29) is 11.9 Å². The number of benzene rings is 1. The van der Waals surface area contributed by atoms with Crippen LogP contribution in [0, 0.1) is 11.3 Å². The molecule has 3 heterocycles. The van der Waals surface area contributed by atoms with Crippen molar-refractivity contribution in [2.24, 2.45) is 5.73 Å². The van der Waals surface area contributed by atoms with Gasteiger partial charge in [-0.1, -0.05) is 0 Å². The lowest BCUT2D eigenvalue weighted by Gasteiger charge is -2.15. The van der Waals surface area contributed by atoms with E-state index in [1.807, 2.05) is 57.2 Å². The van der Waals surface area contributed by atoms with Crippen molar-refractivity contribution >= 4 is 5.69 Å². The van der Waals surface area contributed by atoms with Gasteiger partial charge in [-0.15, -0.1) is 10.2 Å². The first-order valence-electron chi connectivity index (χ1n) is 10.5. The van der Waals surface area contributed by atoms with Crippen LogP contribution >= 0.6 is 0 Å². The molecule has 0 aliphatic heterocycles. The van der Waals surface area contributed by atoms with Gasteiger partial charge in [0.1, 0.15) is 5.69 Å². The van der Waals surface area contributed by atoms with Gasteiger partial charge >= 0.3 is 0 Å². The molecule has 0 aliphatic rings. The van der Waals surface area contributed by atoms with Gasteiger partial charge in [-0.05, 0) is 57.2 Å². The molecule has 1 aromatic carbocycles. The normalized spacial score (nSPS) is 12.2. The Labute approximate surface area is 191 Å². The van der Waals surface area contributed by atoms with Crippen LogP contribution in [0.1, 0.15) is 26.5 Å². The van der Waals surface area contributed by atoms with Crippen LogP contribution < -0.4 is 11.1 Å². The molecule has 4 rings (SSSR count). The topological polar surface area (TPSA) is 139 Å². The summed E-state index contributed by atoms with van der Waals surface area (Å²) in [6.45, 7) is 6.27. The number of nitriles is 1. The Balaban J connectivity index is 1.57. The second-order valence-corrected chi connectivity index (χ2v) is 8.30. The minimum absolute atomic E-state index is 0.0663. The highest BCUT2D eigenvalue weighted by atomic mass is 16.4. The first-order valence-corrected chi connectivity index (χ1v) is 10.5. The minimum Gasteiger partial charge on any atom is -0.415 e. The smallest absolute Gasteiger partial charge is 0.268 e. The Hall–Kier alpha value is -4.16. The van der Waals surface area contributed by atoms with Crippen molar-refractivity contribution in [2.45, 2.75) is 32.2 Å². The number of hydrogen-bond acceptors (Lipinski definition) is 9. The second kappa shape index (κ2) is 9.14. The molecule has 4 aromatic rings. The van der Waals surface area contributed by atoms with Gasteiger partial charge in [-0.3, -0.25) is 9.97 Å². The van der Waals surface area contributed by atoms with Gasteiger partial charge in [0.15, 0.2) is 0 Å². The molecule has 166 valence electrons. The Bertz CT molecular complexity index is 1290. The Morgan fingerprint density at radius 3 is 2.52 bits per heavy atom. The summed E-state index contributed by atoms with van der Waals surface area (Å²) in [4.78, 5) is 13.2. The highest BCUT2D eigenvalue weighted by Crippen LogP contribution is 2.27. The van der Waals surface area contributed by atoms with E-state index in [4.69, 9.17) is 10.2 Å². The number of nitrogens with two attached hydrogens (primary N) is 1. The predicted octanol–water partition coefficient (Wildman–Crippen LogP) is 3.82. The minimum atomic E-state index is -0.712. The van der Waals surface area contributed by atoms with E-state index < -0.39 is 5.41 Å². The Kier molecular flexibility index (Phi) is 6.11. The molecule has 0 radical (unpaired) electrons. The maximum atomic E-state index is 9.41. The standard InChI is InChI=1S/C24H24N8O/c1-15(26)11-29-18-6-4-16(5-7-18)22-31-32-23(33-22)20-13-27-12-19(30-20)17-8-9-28-21(10-17)24(2,3)14-25/h4-10,12-13,15,29H,11,26H2,1-3H3. The molecule has 9 nitrogen and oxygen atoms in total. The maximum Gasteiger partial charge on any atom is 0.268 e. The van der Waals surface area contributed by atoms with Crippen molar-refractivity contribution in [1.29, 1.82) is 5.26 Å². The van der Waals surface area contributed by atoms with Crippen LogP contribution in [0.3, 0.4) is 0 Å². The van der Waals surface area contributed by atoms with Gasteiger partial charge in [0, 0.05) is 35.6 Å². The molecule has 33 heavy (non-hydrogen) atoms. The molecule has 3 N–H and O–H groups in total. The number of rotatable bonds is 7. The fourth-order valence-electron chi connectivity index (χ4n) is 3.05. The van der Waals surface area contributed by atoms with Crippen molar-refractivity contribution in [3.05, 3.63) is 60.7 Å². The summed E-state index contributed by atoms with van der Waals surface area (Å²) in [5.41, 5.74) is 9.36. The first kappa shape index (κ1) is 22.0. The zero-order valence-electron chi connectivity index (χ0n) is 18.6. The molecule has 9 heteroatoms.